The van der Waals surface area contributed by atoms with Crippen LogP contribution in [0.15, 0.2) is 53.3 Å². The van der Waals surface area contributed by atoms with Gasteiger partial charge in [0.05, 0.1) is 15.8 Å². The van der Waals surface area contributed by atoms with Gasteiger partial charge in [0.1, 0.15) is 12.4 Å². The second-order valence-corrected chi connectivity index (χ2v) is 5.67. The SMILES string of the molecule is Cn1c(=O)c2ccccc2n2c(COc3ccc([N+](=O)[O-])cc3)nnc12. The van der Waals surface area contributed by atoms with Crippen LogP contribution in [0.4, 0.5) is 5.69 Å². The van der Waals surface area contributed by atoms with E-state index in [0.29, 0.717) is 28.3 Å². The summed E-state index contributed by atoms with van der Waals surface area (Å²) >= 11 is 0. The number of hydrogen-bond donors (Lipinski definition) is 0. The van der Waals surface area contributed by atoms with Crippen LogP contribution in [0.2, 0.25) is 0 Å². The van der Waals surface area contributed by atoms with Crippen LogP contribution in [0.5, 0.6) is 5.75 Å². The number of aromatic nitrogens is 4. The molecule has 0 aliphatic rings. The molecule has 0 aliphatic heterocycles. The Labute approximate surface area is 146 Å². The molecule has 130 valence electrons. The maximum Gasteiger partial charge on any atom is 0.269 e. The Kier molecular flexibility index (Phi) is 3.61. The minimum Gasteiger partial charge on any atom is -0.486 e. The zero-order valence-corrected chi connectivity index (χ0v) is 13.7. The molecule has 0 N–H and O–H groups in total. The number of aryl methyl sites for hydroxylation is 1. The smallest absolute Gasteiger partial charge is 0.269 e. The average molecular weight is 351 g/mol. The lowest BCUT2D eigenvalue weighted by molar-refractivity contribution is -0.384. The van der Waals surface area contributed by atoms with Crippen molar-refractivity contribution in [3.05, 3.63) is 74.8 Å². The van der Waals surface area contributed by atoms with Crippen LogP contribution in [0.1, 0.15) is 5.82 Å². The first-order chi connectivity index (χ1) is 12.6. The Bertz CT molecular complexity index is 1190. The van der Waals surface area contributed by atoms with Crippen LogP contribution in [0.3, 0.4) is 0 Å². The van der Waals surface area contributed by atoms with Gasteiger partial charge in [-0.25, -0.2) is 0 Å². The Morgan fingerprint density at radius 2 is 1.85 bits per heavy atom. The average Bonchev–Trinajstić information content (AvgIpc) is 3.09. The van der Waals surface area contributed by atoms with Crippen LogP contribution < -0.4 is 10.3 Å². The molecule has 2 aromatic heterocycles. The van der Waals surface area contributed by atoms with Gasteiger partial charge in [-0.3, -0.25) is 23.9 Å². The molecule has 0 atom stereocenters. The van der Waals surface area contributed by atoms with E-state index in [9.17, 15) is 14.9 Å². The summed E-state index contributed by atoms with van der Waals surface area (Å²) in [5, 5.41) is 19.5. The van der Waals surface area contributed by atoms with E-state index in [-0.39, 0.29) is 17.9 Å². The maximum atomic E-state index is 12.4. The fourth-order valence-electron chi connectivity index (χ4n) is 2.80. The first-order valence-corrected chi connectivity index (χ1v) is 7.75. The van der Waals surface area contributed by atoms with Crippen molar-refractivity contribution in [3.63, 3.8) is 0 Å². The number of ether oxygens (including phenoxy) is 1. The molecule has 0 unspecified atom stereocenters. The van der Waals surface area contributed by atoms with Crippen LogP contribution in [-0.4, -0.2) is 24.1 Å². The minimum absolute atomic E-state index is 0.00808. The molecular weight excluding hydrogens is 338 g/mol. The molecule has 2 heterocycles. The van der Waals surface area contributed by atoms with E-state index in [4.69, 9.17) is 4.74 Å². The summed E-state index contributed by atoms with van der Waals surface area (Å²) in [5.41, 5.74) is 0.535. The number of nitro benzene ring substituents is 1. The minimum atomic E-state index is -0.470. The molecule has 0 radical (unpaired) electrons. The summed E-state index contributed by atoms with van der Waals surface area (Å²) < 4.78 is 8.88. The molecule has 0 aliphatic carbocycles. The second kappa shape index (κ2) is 5.96. The van der Waals surface area contributed by atoms with E-state index in [2.05, 4.69) is 10.2 Å². The van der Waals surface area contributed by atoms with Gasteiger partial charge < -0.3 is 4.74 Å². The fraction of sp³-hybridized carbons (Fsp3) is 0.118. The van der Waals surface area contributed by atoms with Crippen molar-refractivity contribution in [2.24, 2.45) is 7.05 Å². The third-order valence-corrected chi connectivity index (χ3v) is 4.11. The first kappa shape index (κ1) is 15.8. The van der Waals surface area contributed by atoms with Gasteiger partial charge in [0.2, 0.25) is 5.78 Å². The monoisotopic (exact) mass is 351 g/mol. The molecule has 26 heavy (non-hydrogen) atoms. The Morgan fingerprint density at radius 3 is 2.58 bits per heavy atom. The van der Waals surface area contributed by atoms with Crippen molar-refractivity contribution in [3.8, 4) is 5.75 Å². The highest BCUT2D eigenvalue weighted by Gasteiger charge is 2.15. The summed E-state index contributed by atoms with van der Waals surface area (Å²) in [4.78, 5) is 22.6. The molecule has 0 fully saturated rings. The zero-order chi connectivity index (χ0) is 18.3. The summed E-state index contributed by atoms with van der Waals surface area (Å²) in [5.74, 6) is 1.41. The highest BCUT2D eigenvalue weighted by atomic mass is 16.6. The number of hydrogen-bond acceptors (Lipinski definition) is 6. The highest BCUT2D eigenvalue weighted by Crippen LogP contribution is 2.19. The molecule has 4 aromatic rings. The van der Waals surface area contributed by atoms with Crippen molar-refractivity contribution >= 4 is 22.4 Å². The quantitative estimate of drug-likeness (QED) is 0.412. The van der Waals surface area contributed by atoms with Gasteiger partial charge in [-0.2, -0.15) is 0 Å². The van der Waals surface area contributed by atoms with Crippen molar-refractivity contribution in [2.75, 3.05) is 0 Å². The number of nitro groups is 1. The van der Waals surface area contributed by atoms with Gasteiger partial charge >= 0.3 is 0 Å². The molecule has 0 spiro atoms. The lowest BCUT2D eigenvalue weighted by Crippen LogP contribution is -2.20. The fourth-order valence-corrected chi connectivity index (χ4v) is 2.80. The van der Waals surface area contributed by atoms with Crippen LogP contribution in [0, 0.1) is 10.1 Å². The predicted octanol–water partition coefficient (Wildman–Crippen LogP) is 2.07. The molecule has 0 saturated carbocycles. The van der Waals surface area contributed by atoms with E-state index in [1.807, 2.05) is 12.1 Å². The van der Waals surface area contributed by atoms with Crippen molar-refractivity contribution in [1.29, 1.82) is 0 Å². The topological polar surface area (TPSA) is 105 Å². The number of nitrogens with zero attached hydrogens (tertiary/aromatic N) is 5. The normalized spacial score (nSPS) is 11.1. The van der Waals surface area contributed by atoms with Crippen molar-refractivity contribution in [2.45, 2.75) is 6.61 Å². The molecule has 9 heteroatoms. The Balaban J connectivity index is 1.73. The van der Waals surface area contributed by atoms with Crippen molar-refractivity contribution < 1.29 is 9.66 Å². The van der Waals surface area contributed by atoms with E-state index in [1.54, 1.807) is 23.6 Å². The highest BCUT2D eigenvalue weighted by molar-refractivity contribution is 5.80. The van der Waals surface area contributed by atoms with E-state index in [0.717, 1.165) is 0 Å². The maximum absolute atomic E-state index is 12.4. The van der Waals surface area contributed by atoms with E-state index < -0.39 is 4.92 Å². The molecule has 0 saturated heterocycles. The largest absolute Gasteiger partial charge is 0.486 e. The number of para-hydroxylation sites is 1. The van der Waals surface area contributed by atoms with Gasteiger partial charge in [-0.1, -0.05) is 12.1 Å². The molecule has 4 rings (SSSR count). The summed E-state index contributed by atoms with van der Waals surface area (Å²) in [7, 11) is 1.64. The van der Waals surface area contributed by atoms with Crippen LogP contribution in [-0.2, 0) is 13.7 Å². The van der Waals surface area contributed by atoms with Crippen molar-refractivity contribution in [1.82, 2.24) is 19.2 Å². The number of benzene rings is 2. The molecule has 9 nitrogen and oxygen atoms in total. The predicted molar refractivity (Wildman–Crippen MR) is 93.2 cm³/mol. The summed E-state index contributed by atoms with van der Waals surface area (Å²) in [6, 6.07) is 13.0. The number of fused-ring (bicyclic) bond motifs is 3. The Morgan fingerprint density at radius 1 is 1.12 bits per heavy atom. The van der Waals surface area contributed by atoms with Gasteiger partial charge in [0, 0.05) is 19.2 Å². The first-order valence-electron chi connectivity index (χ1n) is 7.75. The molecule has 0 amide bonds. The summed E-state index contributed by atoms with van der Waals surface area (Å²) in [6.45, 7) is 0.0984. The molecule has 0 bridgehead atoms. The second-order valence-electron chi connectivity index (χ2n) is 5.67. The standard InChI is InChI=1S/C17H13N5O4/c1-20-16(23)13-4-2-3-5-14(13)21-15(18-19-17(20)21)10-26-12-8-6-11(7-9-12)22(24)25/h2-9H,10H2,1H3. The summed E-state index contributed by atoms with van der Waals surface area (Å²) in [6.07, 6.45) is 0. The zero-order valence-electron chi connectivity index (χ0n) is 13.7. The third-order valence-electron chi connectivity index (χ3n) is 4.11. The van der Waals surface area contributed by atoms with E-state index in [1.165, 1.54) is 28.8 Å². The Hall–Kier alpha value is -3.75. The van der Waals surface area contributed by atoms with Gasteiger partial charge in [-0.05, 0) is 24.3 Å². The van der Waals surface area contributed by atoms with Gasteiger partial charge in [-0.15, -0.1) is 10.2 Å². The van der Waals surface area contributed by atoms with Gasteiger partial charge in [0.15, 0.2) is 5.82 Å². The van der Waals surface area contributed by atoms with Gasteiger partial charge in [0.25, 0.3) is 11.2 Å². The van der Waals surface area contributed by atoms with Crippen LogP contribution >= 0.6 is 0 Å². The molecule has 2 aromatic carbocycles. The lowest BCUT2D eigenvalue weighted by atomic mass is 10.2. The number of non-ortho nitro benzene ring substituents is 1. The van der Waals surface area contributed by atoms with E-state index >= 15 is 0 Å². The third kappa shape index (κ3) is 2.46. The van der Waals surface area contributed by atoms with Crippen LogP contribution in [0.25, 0.3) is 16.7 Å². The number of rotatable bonds is 4. The molecular formula is C17H13N5O4. The lowest BCUT2D eigenvalue weighted by Gasteiger charge is -2.08.